The summed E-state index contributed by atoms with van der Waals surface area (Å²) in [6, 6.07) is 12.3. The lowest BCUT2D eigenvalue weighted by Gasteiger charge is -2.15. The molecule has 1 N–H and O–H groups in total. The monoisotopic (exact) mass is 326 g/mol. The van der Waals surface area contributed by atoms with Crippen LogP contribution < -0.4 is 10.1 Å². The molecule has 2 heterocycles. The molecule has 1 saturated carbocycles. The summed E-state index contributed by atoms with van der Waals surface area (Å²) in [7, 11) is 0. The molecule has 0 spiro atoms. The zero-order valence-electron chi connectivity index (χ0n) is 13.6. The van der Waals surface area contributed by atoms with E-state index in [2.05, 4.69) is 10.2 Å². The number of furan rings is 1. The lowest BCUT2D eigenvalue weighted by molar-refractivity contribution is 0.0906. The van der Waals surface area contributed by atoms with E-state index >= 15 is 0 Å². The predicted octanol–water partition coefficient (Wildman–Crippen LogP) is 2.83. The van der Waals surface area contributed by atoms with Crippen molar-refractivity contribution in [2.45, 2.75) is 38.0 Å². The predicted molar refractivity (Wildman–Crippen MR) is 89.9 cm³/mol. The van der Waals surface area contributed by atoms with Gasteiger partial charge in [0.2, 0.25) is 0 Å². The van der Waals surface area contributed by atoms with Crippen molar-refractivity contribution in [3.63, 3.8) is 0 Å². The van der Waals surface area contributed by atoms with Gasteiger partial charge >= 0.3 is 0 Å². The first-order chi connectivity index (χ1) is 11.8. The van der Waals surface area contributed by atoms with Gasteiger partial charge in [-0.3, -0.25) is 9.69 Å². The number of para-hydroxylation sites is 1. The quantitative estimate of drug-likeness (QED) is 0.887. The molecule has 5 heteroatoms. The Kier molecular flexibility index (Phi) is 4.26. The van der Waals surface area contributed by atoms with Gasteiger partial charge in [-0.05, 0) is 37.5 Å². The van der Waals surface area contributed by atoms with E-state index in [1.807, 2.05) is 30.3 Å². The van der Waals surface area contributed by atoms with Crippen molar-refractivity contribution in [2.75, 3.05) is 13.1 Å². The van der Waals surface area contributed by atoms with Crippen molar-refractivity contribution in [1.29, 1.82) is 0 Å². The number of nitrogens with one attached hydrogen (secondary N) is 1. The summed E-state index contributed by atoms with van der Waals surface area (Å²) < 4.78 is 11.1. The Balaban J connectivity index is 1.34. The Morgan fingerprint density at radius 2 is 2.04 bits per heavy atom. The van der Waals surface area contributed by atoms with Gasteiger partial charge in [-0.25, -0.2) is 0 Å². The van der Waals surface area contributed by atoms with Gasteiger partial charge in [-0.1, -0.05) is 18.2 Å². The molecule has 4 rings (SSSR count). The van der Waals surface area contributed by atoms with E-state index < -0.39 is 0 Å². The van der Waals surface area contributed by atoms with Crippen LogP contribution >= 0.6 is 0 Å². The zero-order chi connectivity index (χ0) is 16.4. The number of ether oxygens (including phenoxy) is 1. The van der Waals surface area contributed by atoms with Crippen molar-refractivity contribution in [2.24, 2.45) is 0 Å². The molecule has 0 bridgehead atoms. The average molecular weight is 326 g/mol. The highest BCUT2D eigenvalue weighted by molar-refractivity contribution is 5.93. The first kappa shape index (κ1) is 15.3. The molecule has 2 fully saturated rings. The van der Waals surface area contributed by atoms with Crippen LogP contribution in [0, 0.1) is 0 Å². The number of nitrogens with zero attached hydrogens (tertiary/aromatic N) is 1. The van der Waals surface area contributed by atoms with E-state index in [1.165, 1.54) is 12.8 Å². The summed E-state index contributed by atoms with van der Waals surface area (Å²) >= 11 is 0. The number of carbonyl (C=O) groups is 1. The second kappa shape index (κ2) is 6.69. The van der Waals surface area contributed by atoms with E-state index in [9.17, 15) is 4.79 Å². The van der Waals surface area contributed by atoms with Crippen molar-refractivity contribution in [3.8, 4) is 5.75 Å². The number of hydrogen-bond acceptors (Lipinski definition) is 4. The number of carbonyl (C=O) groups excluding carboxylic acids is 1. The molecule has 126 valence electrons. The summed E-state index contributed by atoms with van der Waals surface area (Å²) in [5.41, 5.74) is 0.772. The largest absolute Gasteiger partial charge is 0.489 e. The Morgan fingerprint density at radius 1 is 1.21 bits per heavy atom. The number of amides is 1. The van der Waals surface area contributed by atoms with Crippen molar-refractivity contribution < 1.29 is 13.9 Å². The Morgan fingerprint density at radius 3 is 2.83 bits per heavy atom. The molecule has 1 unspecified atom stereocenters. The highest BCUT2D eigenvalue weighted by Gasteiger charge is 2.35. The highest BCUT2D eigenvalue weighted by Crippen LogP contribution is 2.29. The van der Waals surface area contributed by atoms with Crippen molar-refractivity contribution in [3.05, 3.63) is 54.0 Å². The molecule has 2 aliphatic rings. The maximum atomic E-state index is 12.5. The second-order valence-corrected chi connectivity index (χ2v) is 6.56. The average Bonchev–Trinajstić information content (AvgIpc) is 3.17. The van der Waals surface area contributed by atoms with Crippen LogP contribution in [0.3, 0.4) is 0 Å². The van der Waals surface area contributed by atoms with Gasteiger partial charge in [0.25, 0.3) is 5.91 Å². The Labute approximate surface area is 141 Å². The molecule has 1 aliphatic carbocycles. The standard InChI is InChI=1S/C19H22N2O3/c22-19(20-15-8-10-21(12-15)16-6-7-16)18-14(9-11-23-18)13-24-17-4-2-1-3-5-17/h1-5,9,11,15-16H,6-8,10,12-13H2,(H,20,22). The van der Waals surface area contributed by atoms with E-state index in [1.54, 1.807) is 12.3 Å². The molecule has 24 heavy (non-hydrogen) atoms. The fourth-order valence-electron chi connectivity index (χ4n) is 3.25. The molecule has 2 aromatic rings. The third-order valence-electron chi connectivity index (χ3n) is 4.71. The molecular formula is C19H22N2O3. The smallest absolute Gasteiger partial charge is 0.287 e. The van der Waals surface area contributed by atoms with Crippen molar-refractivity contribution >= 4 is 5.91 Å². The molecular weight excluding hydrogens is 304 g/mol. The number of likely N-dealkylation sites (tertiary alicyclic amines) is 1. The number of hydrogen-bond donors (Lipinski definition) is 1. The first-order valence-electron chi connectivity index (χ1n) is 8.59. The van der Waals surface area contributed by atoms with Crippen LogP contribution in [-0.4, -0.2) is 36.0 Å². The first-order valence-corrected chi connectivity index (χ1v) is 8.59. The van der Waals surface area contributed by atoms with Gasteiger partial charge in [0.05, 0.1) is 6.26 Å². The minimum absolute atomic E-state index is 0.144. The summed E-state index contributed by atoms with van der Waals surface area (Å²) in [6.45, 7) is 2.35. The zero-order valence-corrected chi connectivity index (χ0v) is 13.6. The minimum atomic E-state index is -0.144. The number of rotatable bonds is 6. The van der Waals surface area contributed by atoms with E-state index in [4.69, 9.17) is 9.15 Å². The Bertz CT molecular complexity index is 694. The van der Waals surface area contributed by atoms with Gasteiger partial charge in [-0.15, -0.1) is 0 Å². The van der Waals surface area contributed by atoms with Crippen LogP contribution in [0.2, 0.25) is 0 Å². The summed E-state index contributed by atoms with van der Waals surface area (Å²) in [5.74, 6) is 0.992. The van der Waals surface area contributed by atoms with E-state index in [0.717, 1.165) is 36.9 Å². The lowest BCUT2D eigenvalue weighted by atomic mass is 10.2. The summed E-state index contributed by atoms with van der Waals surface area (Å²) in [6.07, 6.45) is 5.17. The van der Waals surface area contributed by atoms with E-state index in [0.29, 0.717) is 12.4 Å². The van der Waals surface area contributed by atoms with Crippen molar-refractivity contribution in [1.82, 2.24) is 10.2 Å². The van der Waals surface area contributed by atoms with Gasteiger partial charge < -0.3 is 14.5 Å². The molecule has 1 aromatic carbocycles. The van der Waals surface area contributed by atoms with Crippen LogP contribution in [0.4, 0.5) is 0 Å². The third-order valence-corrected chi connectivity index (χ3v) is 4.71. The second-order valence-electron chi connectivity index (χ2n) is 6.56. The lowest BCUT2D eigenvalue weighted by Crippen LogP contribution is -2.37. The maximum absolute atomic E-state index is 12.5. The van der Waals surface area contributed by atoms with Gasteiger partial charge in [-0.2, -0.15) is 0 Å². The molecule has 0 radical (unpaired) electrons. The molecule has 1 amide bonds. The van der Waals surface area contributed by atoms with Crippen LogP contribution in [0.5, 0.6) is 5.75 Å². The van der Waals surface area contributed by atoms with Gasteiger partial charge in [0, 0.05) is 30.7 Å². The SMILES string of the molecule is O=C(NC1CCN(C2CC2)C1)c1occc1COc1ccccc1. The van der Waals surface area contributed by atoms with Crippen LogP contribution in [-0.2, 0) is 6.61 Å². The maximum Gasteiger partial charge on any atom is 0.287 e. The minimum Gasteiger partial charge on any atom is -0.489 e. The fourth-order valence-corrected chi connectivity index (χ4v) is 3.25. The van der Waals surface area contributed by atoms with Crippen LogP contribution in [0.25, 0.3) is 0 Å². The molecule has 5 nitrogen and oxygen atoms in total. The topological polar surface area (TPSA) is 54.7 Å². The number of benzene rings is 1. The molecule has 1 aliphatic heterocycles. The highest BCUT2D eigenvalue weighted by atomic mass is 16.5. The van der Waals surface area contributed by atoms with Gasteiger partial charge in [0.1, 0.15) is 12.4 Å². The third kappa shape index (κ3) is 3.46. The molecule has 1 saturated heterocycles. The summed E-state index contributed by atoms with van der Waals surface area (Å²) in [5, 5.41) is 3.10. The summed E-state index contributed by atoms with van der Waals surface area (Å²) in [4.78, 5) is 15.0. The Hall–Kier alpha value is -2.27. The molecule has 1 atom stereocenters. The van der Waals surface area contributed by atoms with Gasteiger partial charge in [0.15, 0.2) is 5.76 Å². The van der Waals surface area contributed by atoms with E-state index in [-0.39, 0.29) is 11.9 Å². The normalized spacial score (nSPS) is 20.9. The fraction of sp³-hybridized carbons (Fsp3) is 0.421. The van der Waals surface area contributed by atoms with Crippen LogP contribution in [0.15, 0.2) is 47.1 Å². The molecule has 1 aromatic heterocycles. The van der Waals surface area contributed by atoms with Crippen LogP contribution in [0.1, 0.15) is 35.4 Å².